The van der Waals surface area contributed by atoms with Gasteiger partial charge in [-0.1, -0.05) is 42.0 Å². The Morgan fingerprint density at radius 1 is 1.08 bits per heavy atom. The summed E-state index contributed by atoms with van der Waals surface area (Å²) < 4.78 is 38.9. The minimum atomic E-state index is -4.02. The fourth-order valence-corrected chi connectivity index (χ4v) is 5.37. The number of aliphatic hydroxyl groups is 1. The van der Waals surface area contributed by atoms with E-state index in [1.54, 1.807) is 77.1 Å². The van der Waals surface area contributed by atoms with E-state index in [9.17, 15) is 23.1 Å². The molecule has 1 heterocycles. The Bertz CT molecular complexity index is 1490. The Hall–Kier alpha value is -3.63. The van der Waals surface area contributed by atoms with Gasteiger partial charge in [0.25, 0.3) is 10.0 Å². The average molecular weight is 557 g/mol. The molecule has 1 amide bonds. The first-order chi connectivity index (χ1) is 18.0. The third-order valence-electron chi connectivity index (χ3n) is 5.76. The van der Waals surface area contributed by atoms with Gasteiger partial charge >= 0.3 is 12.1 Å². The van der Waals surface area contributed by atoms with Crippen molar-refractivity contribution in [2.45, 2.75) is 70.1 Å². The molecule has 0 unspecified atom stereocenters. The largest absolute Gasteiger partial charge is 0.467 e. The Morgan fingerprint density at radius 2 is 1.72 bits per heavy atom. The van der Waals surface area contributed by atoms with Gasteiger partial charge in [-0.25, -0.2) is 22.0 Å². The van der Waals surface area contributed by atoms with Crippen molar-refractivity contribution >= 4 is 39.1 Å². The summed E-state index contributed by atoms with van der Waals surface area (Å²) in [5.74, 6) is -0.715. The summed E-state index contributed by atoms with van der Waals surface area (Å²) in [6, 6.07) is 10.5. The van der Waals surface area contributed by atoms with Crippen molar-refractivity contribution in [3.63, 3.8) is 0 Å². The van der Waals surface area contributed by atoms with Crippen LogP contribution in [0, 0.1) is 6.92 Å². The molecule has 0 aliphatic carbocycles. The standard InChI is InChI=1S/C29H36N2O7S/c1-19-11-13-22(14-12-19)39(35,36)31-18-21(17-23(26(32)37-7)30-27(33)38-28(2,3)4)25-20(9-8-10-24(25)31)15-16-29(5,6)34/h8-16,18,23,34H,17H2,1-7H3,(H,30,33)/b16-15+/t23-/m0/s1. The van der Waals surface area contributed by atoms with Gasteiger partial charge in [-0.2, -0.15) is 0 Å². The average Bonchev–Trinajstić information content (AvgIpc) is 3.20. The molecule has 0 radical (unpaired) electrons. The number of carbonyl (C=O) groups is 2. The van der Waals surface area contributed by atoms with Crippen LogP contribution in [0.4, 0.5) is 4.79 Å². The first kappa shape index (κ1) is 29.9. The van der Waals surface area contributed by atoms with Gasteiger partial charge in [0.05, 0.1) is 23.1 Å². The van der Waals surface area contributed by atoms with E-state index in [2.05, 4.69) is 5.32 Å². The van der Waals surface area contributed by atoms with Crippen LogP contribution >= 0.6 is 0 Å². The molecule has 3 rings (SSSR count). The zero-order chi connectivity index (χ0) is 29.2. The van der Waals surface area contributed by atoms with Crippen LogP contribution in [-0.2, 0) is 30.7 Å². The van der Waals surface area contributed by atoms with Gasteiger partial charge in [0.2, 0.25) is 0 Å². The number of ether oxygens (including phenoxy) is 2. The van der Waals surface area contributed by atoms with Crippen LogP contribution in [0.15, 0.2) is 59.6 Å². The molecule has 0 aliphatic rings. The summed E-state index contributed by atoms with van der Waals surface area (Å²) in [6.45, 7) is 10.2. The summed E-state index contributed by atoms with van der Waals surface area (Å²) >= 11 is 0. The lowest BCUT2D eigenvalue weighted by Gasteiger charge is -2.22. The molecule has 1 atom stereocenters. The lowest BCUT2D eigenvalue weighted by molar-refractivity contribution is -0.143. The van der Waals surface area contributed by atoms with E-state index >= 15 is 0 Å². The normalized spacial score (nSPS) is 13.4. The molecule has 0 saturated heterocycles. The monoisotopic (exact) mass is 556 g/mol. The van der Waals surface area contributed by atoms with E-state index in [1.165, 1.54) is 29.4 Å². The number of hydrogen-bond acceptors (Lipinski definition) is 7. The maximum absolute atomic E-state index is 13.7. The summed E-state index contributed by atoms with van der Waals surface area (Å²) in [6.07, 6.45) is 3.85. The van der Waals surface area contributed by atoms with E-state index in [0.717, 1.165) is 5.56 Å². The second kappa shape index (κ2) is 11.2. The zero-order valence-corrected chi connectivity index (χ0v) is 24.1. The predicted molar refractivity (Wildman–Crippen MR) is 150 cm³/mol. The van der Waals surface area contributed by atoms with Gasteiger partial charge in [-0.3, -0.25) is 0 Å². The quantitative estimate of drug-likeness (QED) is 0.389. The maximum atomic E-state index is 13.7. The molecule has 0 aliphatic heterocycles. The highest BCUT2D eigenvalue weighted by molar-refractivity contribution is 7.90. The Morgan fingerprint density at radius 3 is 2.28 bits per heavy atom. The topological polar surface area (TPSA) is 124 Å². The number of esters is 1. The SMILES string of the molecule is COC(=O)[C@H](Cc1cn(S(=O)(=O)c2ccc(C)cc2)c2cccc(/C=C/C(C)(C)O)c12)NC(=O)OC(C)(C)C. The molecule has 10 heteroatoms. The van der Waals surface area contributed by atoms with Crippen LogP contribution < -0.4 is 5.32 Å². The lowest BCUT2D eigenvalue weighted by Crippen LogP contribution is -2.45. The van der Waals surface area contributed by atoms with Crippen molar-refractivity contribution in [2.24, 2.45) is 0 Å². The molecule has 3 aromatic rings. The summed E-state index contributed by atoms with van der Waals surface area (Å²) in [5, 5.41) is 13.4. The number of benzene rings is 2. The summed E-state index contributed by atoms with van der Waals surface area (Å²) in [4.78, 5) is 25.3. The molecule has 2 N–H and O–H groups in total. The van der Waals surface area contributed by atoms with Gasteiger partial charge < -0.3 is 19.9 Å². The van der Waals surface area contributed by atoms with Crippen molar-refractivity contribution in [3.05, 3.63) is 71.4 Å². The molecule has 1 aromatic heterocycles. The molecule has 39 heavy (non-hydrogen) atoms. The Balaban J connectivity index is 2.20. The van der Waals surface area contributed by atoms with Crippen LogP contribution in [0.5, 0.6) is 0 Å². The van der Waals surface area contributed by atoms with Crippen LogP contribution in [0.3, 0.4) is 0 Å². The van der Waals surface area contributed by atoms with Crippen LogP contribution in [-0.4, -0.2) is 53.9 Å². The van der Waals surface area contributed by atoms with E-state index in [-0.39, 0.29) is 11.3 Å². The number of methoxy groups -OCH3 is 1. The number of alkyl carbamates (subject to hydrolysis) is 1. The highest BCUT2D eigenvalue weighted by Crippen LogP contribution is 2.31. The maximum Gasteiger partial charge on any atom is 0.408 e. The zero-order valence-electron chi connectivity index (χ0n) is 23.3. The number of nitrogens with zero attached hydrogens (tertiary/aromatic N) is 1. The second-order valence-corrected chi connectivity index (χ2v) is 12.7. The molecule has 0 bridgehead atoms. The number of amides is 1. The number of rotatable bonds is 8. The van der Waals surface area contributed by atoms with Gasteiger partial charge in [0.15, 0.2) is 0 Å². The van der Waals surface area contributed by atoms with Crippen molar-refractivity contribution in [2.75, 3.05) is 7.11 Å². The first-order valence-electron chi connectivity index (χ1n) is 12.5. The number of hydrogen-bond donors (Lipinski definition) is 2. The number of carbonyl (C=O) groups excluding carboxylic acids is 2. The minimum absolute atomic E-state index is 0.0772. The highest BCUT2D eigenvalue weighted by Gasteiger charge is 2.29. The van der Waals surface area contributed by atoms with E-state index in [4.69, 9.17) is 9.47 Å². The molecule has 9 nitrogen and oxygen atoms in total. The summed E-state index contributed by atoms with van der Waals surface area (Å²) in [7, 11) is -2.81. The first-order valence-corrected chi connectivity index (χ1v) is 13.9. The van der Waals surface area contributed by atoms with Gasteiger partial charge in [0.1, 0.15) is 11.6 Å². The Labute approximate surface area is 229 Å². The molecule has 2 aromatic carbocycles. The van der Waals surface area contributed by atoms with E-state index in [0.29, 0.717) is 22.0 Å². The number of aryl methyl sites for hydroxylation is 1. The van der Waals surface area contributed by atoms with E-state index in [1.807, 2.05) is 6.92 Å². The fourth-order valence-electron chi connectivity index (χ4n) is 3.98. The number of aromatic nitrogens is 1. The molecular formula is C29H36N2O7S. The van der Waals surface area contributed by atoms with Gasteiger partial charge in [-0.05, 0) is 70.9 Å². The van der Waals surface area contributed by atoms with Crippen LogP contribution in [0.1, 0.15) is 51.3 Å². The van der Waals surface area contributed by atoms with Crippen molar-refractivity contribution in [1.29, 1.82) is 0 Å². The van der Waals surface area contributed by atoms with Crippen molar-refractivity contribution in [1.82, 2.24) is 9.29 Å². The van der Waals surface area contributed by atoms with Gasteiger partial charge in [0, 0.05) is 18.0 Å². The van der Waals surface area contributed by atoms with Crippen molar-refractivity contribution < 1.29 is 32.6 Å². The molecule has 0 saturated carbocycles. The fraction of sp³-hybridized carbons (Fsp3) is 0.379. The Kier molecular flexibility index (Phi) is 8.62. The third-order valence-corrected chi connectivity index (χ3v) is 7.44. The minimum Gasteiger partial charge on any atom is -0.467 e. The molecular weight excluding hydrogens is 520 g/mol. The molecule has 210 valence electrons. The second-order valence-electron chi connectivity index (χ2n) is 10.9. The smallest absolute Gasteiger partial charge is 0.408 e. The molecule has 0 fully saturated rings. The third kappa shape index (κ3) is 7.48. The van der Waals surface area contributed by atoms with Crippen LogP contribution in [0.25, 0.3) is 17.0 Å². The van der Waals surface area contributed by atoms with Crippen LogP contribution in [0.2, 0.25) is 0 Å². The van der Waals surface area contributed by atoms with Gasteiger partial charge in [-0.15, -0.1) is 0 Å². The highest BCUT2D eigenvalue weighted by atomic mass is 32.2. The number of fused-ring (bicyclic) bond motifs is 1. The predicted octanol–water partition coefficient (Wildman–Crippen LogP) is 4.58. The molecule has 0 spiro atoms. The number of nitrogens with one attached hydrogen (secondary N) is 1. The van der Waals surface area contributed by atoms with E-state index < -0.39 is 39.3 Å². The lowest BCUT2D eigenvalue weighted by atomic mass is 9.99. The van der Waals surface area contributed by atoms with Crippen molar-refractivity contribution in [3.8, 4) is 0 Å². The summed E-state index contributed by atoms with van der Waals surface area (Å²) in [5.41, 5.74) is 0.486.